The van der Waals surface area contributed by atoms with Crippen LogP contribution in [-0.2, 0) is 28.3 Å². The van der Waals surface area contributed by atoms with Crippen molar-refractivity contribution in [1.29, 1.82) is 0 Å². The molecule has 0 aliphatic carbocycles. The quantitative estimate of drug-likeness (QED) is 0.212. The zero-order chi connectivity index (χ0) is 33.0. The lowest BCUT2D eigenvalue weighted by Crippen LogP contribution is -2.44. The molecule has 2 N–H and O–H groups in total. The van der Waals surface area contributed by atoms with Crippen molar-refractivity contribution in [3.05, 3.63) is 114 Å². The molecule has 0 spiro atoms. The number of benzene rings is 3. The number of nitrogens with zero attached hydrogens (tertiary/aromatic N) is 5. The van der Waals surface area contributed by atoms with Crippen LogP contribution in [0.1, 0.15) is 60.9 Å². The summed E-state index contributed by atoms with van der Waals surface area (Å²) in [7, 11) is 1.56. The van der Waals surface area contributed by atoms with Crippen LogP contribution < -0.4 is 14.5 Å². The summed E-state index contributed by atoms with van der Waals surface area (Å²) in [5.74, 6) is -0.542. The highest BCUT2D eigenvalue weighted by atomic mass is 16.5. The largest absolute Gasteiger partial charge is 0.497 e. The number of aryl methyl sites for hydroxylation is 1. The van der Waals surface area contributed by atoms with Crippen molar-refractivity contribution in [1.82, 2.24) is 15.0 Å². The highest BCUT2D eigenvalue weighted by Gasteiger charge is 2.52. The number of hydrogen-bond donors (Lipinski definition) is 2. The average Bonchev–Trinajstić information content (AvgIpc) is 3.65. The molecular formula is C37H41N5O5. The minimum absolute atomic E-state index is 0.0699. The van der Waals surface area contributed by atoms with Crippen molar-refractivity contribution in [3.8, 4) is 5.75 Å². The first-order valence-electron chi connectivity index (χ1n) is 16.2. The molecule has 1 fully saturated rings. The number of carbonyl (C=O) groups is 2. The average molecular weight is 636 g/mol. The van der Waals surface area contributed by atoms with Gasteiger partial charge in [-0.3, -0.25) is 14.3 Å². The van der Waals surface area contributed by atoms with Gasteiger partial charge < -0.3 is 24.7 Å². The second-order valence-corrected chi connectivity index (χ2v) is 12.3. The van der Waals surface area contributed by atoms with Gasteiger partial charge in [-0.05, 0) is 60.7 Å². The lowest BCUT2D eigenvalue weighted by Gasteiger charge is -2.28. The van der Waals surface area contributed by atoms with E-state index in [4.69, 9.17) is 4.74 Å². The molecule has 1 aromatic heterocycles. The SMILES string of the molecule is COc1ccc2c(c1)[C@@](O)([C@H](C)/C=C/CCn1cc(C(CO)c3ccccc3)nn1)C(=O)N2Cc1cccc(N2CCCCC2=O)c1. The second kappa shape index (κ2) is 13.9. The number of fused-ring (bicyclic) bond motifs is 1. The van der Waals surface area contributed by atoms with Crippen molar-refractivity contribution in [2.45, 2.75) is 57.2 Å². The Kier molecular flexibility index (Phi) is 9.51. The summed E-state index contributed by atoms with van der Waals surface area (Å²) in [5.41, 5.74) is 2.69. The van der Waals surface area contributed by atoms with Gasteiger partial charge in [0.05, 0.1) is 37.6 Å². The van der Waals surface area contributed by atoms with E-state index in [-0.39, 0.29) is 25.0 Å². The highest BCUT2D eigenvalue weighted by molar-refractivity contribution is 6.07. The van der Waals surface area contributed by atoms with E-state index in [9.17, 15) is 19.8 Å². The van der Waals surface area contributed by atoms with Gasteiger partial charge in [-0.25, -0.2) is 0 Å². The Balaban J connectivity index is 1.17. The molecule has 47 heavy (non-hydrogen) atoms. The molecule has 2 amide bonds. The third kappa shape index (κ3) is 6.43. The van der Waals surface area contributed by atoms with Crippen LogP contribution in [0.3, 0.4) is 0 Å². The van der Waals surface area contributed by atoms with Crippen LogP contribution in [0.15, 0.2) is 91.1 Å². The lowest BCUT2D eigenvalue weighted by molar-refractivity contribution is -0.139. The number of allylic oxidation sites excluding steroid dienone is 1. The Bertz CT molecular complexity index is 1750. The summed E-state index contributed by atoms with van der Waals surface area (Å²) in [6.07, 6.45) is 8.67. The molecule has 3 atom stereocenters. The maximum Gasteiger partial charge on any atom is 0.264 e. The predicted molar refractivity (Wildman–Crippen MR) is 179 cm³/mol. The van der Waals surface area contributed by atoms with Gasteiger partial charge >= 0.3 is 0 Å². The Morgan fingerprint density at radius 2 is 1.87 bits per heavy atom. The van der Waals surface area contributed by atoms with Crippen molar-refractivity contribution < 1.29 is 24.5 Å². The zero-order valence-electron chi connectivity index (χ0n) is 26.8. The molecule has 2 aliphatic heterocycles. The topological polar surface area (TPSA) is 121 Å². The molecule has 2 aliphatic rings. The summed E-state index contributed by atoms with van der Waals surface area (Å²) in [5, 5.41) is 30.7. The molecular weight excluding hydrogens is 594 g/mol. The lowest BCUT2D eigenvalue weighted by atomic mass is 9.83. The predicted octanol–water partition coefficient (Wildman–Crippen LogP) is 4.94. The number of carbonyl (C=O) groups excluding carboxylic acids is 2. The van der Waals surface area contributed by atoms with E-state index < -0.39 is 17.4 Å². The second-order valence-electron chi connectivity index (χ2n) is 12.3. The first-order chi connectivity index (χ1) is 22.8. The van der Waals surface area contributed by atoms with E-state index in [0.29, 0.717) is 48.6 Å². The Morgan fingerprint density at radius 3 is 2.64 bits per heavy atom. The van der Waals surface area contributed by atoms with Crippen LogP contribution in [0.5, 0.6) is 5.75 Å². The number of amides is 2. The fourth-order valence-corrected chi connectivity index (χ4v) is 6.58. The smallest absolute Gasteiger partial charge is 0.264 e. The van der Waals surface area contributed by atoms with E-state index in [0.717, 1.165) is 29.7 Å². The molecule has 10 nitrogen and oxygen atoms in total. The van der Waals surface area contributed by atoms with Gasteiger partial charge in [0.1, 0.15) is 5.75 Å². The molecule has 10 heteroatoms. The van der Waals surface area contributed by atoms with Crippen LogP contribution >= 0.6 is 0 Å². The van der Waals surface area contributed by atoms with E-state index >= 15 is 0 Å². The maximum atomic E-state index is 14.1. The number of hydrogen-bond acceptors (Lipinski definition) is 7. The van der Waals surface area contributed by atoms with Crippen molar-refractivity contribution in [2.75, 3.05) is 30.1 Å². The van der Waals surface area contributed by atoms with E-state index in [1.165, 1.54) is 0 Å². The number of piperidine rings is 1. The third-order valence-corrected chi connectivity index (χ3v) is 9.27. The summed E-state index contributed by atoms with van der Waals surface area (Å²) in [6.45, 7) is 3.25. The van der Waals surface area contributed by atoms with Crippen LogP contribution in [0.2, 0.25) is 0 Å². The van der Waals surface area contributed by atoms with Crippen molar-refractivity contribution >= 4 is 23.2 Å². The number of ether oxygens (including phenoxy) is 1. The van der Waals surface area contributed by atoms with E-state index in [1.54, 1.807) is 28.8 Å². The first-order valence-corrected chi connectivity index (χ1v) is 16.2. The number of rotatable bonds is 12. The molecule has 0 bridgehead atoms. The third-order valence-electron chi connectivity index (χ3n) is 9.27. The summed E-state index contributed by atoms with van der Waals surface area (Å²) in [6, 6.07) is 22.8. The van der Waals surface area contributed by atoms with Crippen LogP contribution in [-0.4, -0.2) is 57.3 Å². The number of aliphatic hydroxyl groups is 2. The summed E-state index contributed by atoms with van der Waals surface area (Å²) >= 11 is 0. The molecule has 0 saturated carbocycles. The molecule has 6 rings (SSSR count). The Hall–Kier alpha value is -4.80. The highest BCUT2D eigenvalue weighted by Crippen LogP contribution is 2.47. The molecule has 3 aromatic carbocycles. The van der Waals surface area contributed by atoms with Crippen LogP contribution in [0, 0.1) is 5.92 Å². The van der Waals surface area contributed by atoms with Gasteiger partial charge in [-0.15, -0.1) is 5.10 Å². The van der Waals surface area contributed by atoms with Gasteiger partial charge in [0.25, 0.3) is 5.91 Å². The van der Waals surface area contributed by atoms with Crippen LogP contribution in [0.4, 0.5) is 11.4 Å². The minimum Gasteiger partial charge on any atom is -0.497 e. The van der Waals surface area contributed by atoms with Gasteiger partial charge in [-0.2, -0.15) is 0 Å². The molecule has 1 saturated heterocycles. The monoisotopic (exact) mass is 635 g/mol. The van der Waals surface area contributed by atoms with Crippen molar-refractivity contribution in [2.24, 2.45) is 5.92 Å². The summed E-state index contributed by atoms with van der Waals surface area (Å²) in [4.78, 5) is 30.1. The fourth-order valence-electron chi connectivity index (χ4n) is 6.58. The zero-order valence-corrected chi connectivity index (χ0v) is 26.8. The first kappa shape index (κ1) is 32.2. The fraction of sp³-hybridized carbons (Fsp3) is 0.351. The number of anilines is 2. The van der Waals surface area contributed by atoms with Gasteiger partial charge in [0, 0.05) is 42.9 Å². The number of aliphatic hydroxyl groups excluding tert-OH is 1. The van der Waals surface area contributed by atoms with Gasteiger partial charge in [0.2, 0.25) is 5.91 Å². The normalized spacial score (nSPS) is 19.3. The molecule has 4 aromatic rings. The number of aromatic nitrogens is 3. The minimum atomic E-state index is -1.80. The molecule has 3 heterocycles. The Morgan fingerprint density at radius 1 is 1.04 bits per heavy atom. The standard InChI is InChI=1S/C37H41N5O5/c1-26(11-6-8-19-40-24-33(38-39-40)31(25-43)28-13-4-3-5-14-28)37(46)32-22-30(47-2)17-18-34(32)42(36(37)45)23-27-12-10-15-29(21-27)41-20-9-7-16-35(41)44/h3-6,10-15,17-18,21-22,24,26,31,43,46H,7-9,16,19-20,23,25H2,1-2H3/b11-6+/t26-,31?,37+/m1/s1. The van der Waals surface area contributed by atoms with Crippen LogP contribution in [0.25, 0.3) is 0 Å². The van der Waals surface area contributed by atoms with Gasteiger partial charge in [0.15, 0.2) is 5.60 Å². The number of methoxy groups -OCH3 is 1. The molecule has 244 valence electrons. The van der Waals surface area contributed by atoms with Gasteiger partial charge in [-0.1, -0.05) is 66.8 Å². The van der Waals surface area contributed by atoms with Crippen molar-refractivity contribution in [3.63, 3.8) is 0 Å². The molecule has 1 unspecified atom stereocenters. The van der Waals surface area contributed by atoms with E-state index in [2.05, 4.69) is 10.3 Å². The van der Waals surface area contributed by atoms with E-state index in [1.807, 2.05) is 90.8 Å². The Labute approximate surface area is 274 Å². The summed E-state index contributed by atoms with van der Waals surface area (Å²) < 4.78 is 7.20. The molecule has 0 radical (unpaired) electrons. The maximum absolute atomic E-state index is 14.1.